The van der Waals surface area contributed by atoms with E-state index in [0.29, 0.717) is 6.61 Å². The summed E-state index contributed by atoms with van der Waals surface area (Å²) in [6, 6.07) is -1.25. The van der Waals surface area contributed by atoms with Crippen molar-refractivity contribution in [2.75, 3.05) is 6.61 Å². The van der Waals surface area contributed by atoms with E-state index in [0.717, 1.165) is 0 Å². The first-order valence-corrected chi connectivity index (χ1v) is 4.21. The maximum Gasteiger partial charge on any atom is 0.328 e. The lowest BCUT2D eigenvalue weighted by Crippen LogP contribution is -2.46. The highest BCUT2D eigenvalue weighted by Gasteiger charge is 2.17. The Morgan fingerprint density at radius 3 is 2.29 bits per heavy atom. The van der Waals surface area contributed by atoms with E-state index in [9.17, 15) is 9.59 Å². The number of nitrogens with two attached hydrogens (primary N) is 1. The molecule has 5 nitrogen and oxygen atoms in total. The van der Waals surface area contributed by atoms with Crippen LogP contribution in [0.15, 0.2) is 0 Å². The summed E-state index contributed by atoms with van der Waals surface area (Å²) in [5, 5.41) is 2.43. The van der Waals surface area contributed by atoms with Crippen LogP contribution in [0.1, 0.15) is 20.8 Å². The molecule has 84 valence electrons. The van der Waals surface area contributed by atoms with Crippen molar-refractivity contribution >= 4 is 24.3 Å². The molecule has 0 aromatic rings. The molecule has 0 bridgehead atoms. The van der Waals surface area contributed by atoms with Gasteiger partial charge in [0, 0.05) is 0 Å². The van der Waals surface area contributed by atoms with Crippen molar-refractivity contribution in [1.82, 2.24) is 5.32 Å². The molecule has 0 spiro atoms. The van der Waals surface area contributed by atoms with Crippen LogP contribution in [0.2, 0.25) is 0 Å². The van der Waals surface area contributed by atoms with E-state index < -0.39 is 18.1 Å². The summed E-state index contributed by atoms with van der Waals surface area (Å²) >= 11 is 0. The average Bonchev–Trinajstić information content (AvgIpc) is 2.04. The van der Waals surface area contributed by atoms with Crippen molar-refractivity contribution in [3.8, 4) is 0 Å². The molecule has 0 aromatic carbocycles. The van der Waals surface area contributed by atoms with E-state index in [1.54, 1.807) is 20.8 Å². The van der Waals surface area contributed by atoms with E-state index in [-0.39, 0.29) is 18.3 Å². The van der Waals surface area contributed by atoms with Crippen LogP contribution in [-0.4, -0.2) is 30.6 Å². The molecule has 14 heavy (non-hydrogen) atoms. The van der Waals surface area contributed by atoms with Crippen molar-refractivity contribution in [3.63, 3.8) is 0 Å². The normalized spacial score (nSPS) is 13.4. The molecule has 0 aliphatic carbocycles. The number of hydrogen-bond donors (Lipinski definition) is 2. The third kappa shape index (κ3) is 5.77. The Balaban J connectivity index is 0. The standard InChI is InChI=1S/C8H16N2O3.ClH/c1-4-13-8(12)6(3)10-7(11)5(2)9;/h5-6H,4,9H2,1-3H3,(H,10,11);1H/t5-,6-;/m0./s1. The Morgan fingerprint density at radius 2 is 1.93 bits per heavy atom. The summed E-state index contributed by atoms with van der Waals surface area (Å²) in [6.45, 7) is 5.11. The minimum atomic E-state index is -0.640. The highest BCUT2D eigenvalue weighted by Crippen LogP contribution is 1.88. The predicted octanol–water partition coefficient (Wildman–Crippen LogP) is -0.177. The van der Waals surface area contributed by atoms with E-state index in [1.807, 2.05) is 0 Å². The van der Waals surface area contributed by atoms with Crippen molar-refractivity contribution in [3.05, 3.63) is 0 Å². The van der Waals surface area contributed by atoms with Gasteiger partial charge in [-0.25, -0.2) is 4.79 Å². The quantitative estimate of drug-likeness (QED) is 0.650. The number of nitrogens with one attached hydrogen (secondary N) is 1. The first-order valence-electron chi connectivity index (χ1n) is 4.21. The van der Waals surface area contributed by atoms with Gasteiger partial charge in [0.1, 0.15) is 6.04 Å². The Labute approximate surface area is 89.8 Å². The van der Waals surface area contributed by atoms with Crippen LogP contribution in [0.3, 0.4) is 0 Å². The molecule has 3 N–H and O–H groups in total. The number of halogens is 1. The molecule has 0 saturated carbocycles. The number of rotatable bonds is 4. The monoisotopic (exact) mass is 224 g/mol. The highest BCUT2D eigenvalue weighted by molar-refractivity contribution is 5.86. The minimum Gasteiger partial charge on any atom is -0.464 e. The summed E-state index contributed by atoms with van der Waals surface area (Å²) in [4.78, 5) is 22.0. The molecule has 0 aromatic heterocycles. The summed E-state index contributed by atoms with van der Waals surface area (Å²) in [7, 11) is 0. The lowest BCUT2D eigenvalue weighted by Gasteiger charge is -2.13. The van der Waals surface area contributed by atoms with Gasteiger partial charge in [-0.3, -0.25) is 4.79 Å². The van der Waals surface area contributed by atoms with Crippen LogP contribution < -0.4 is 11.1 Å². The molecule has 0 fully saturated rings. The van der Waals surface area contributed by atoms with Crippen LogP contribution in [0.25, 0.3) is 0 Å². The molecule has 2 atom stereocenters. The first-order chi connectivity index (χ1) is 5.99. The summed E-state index contributed by atoms with van der Waals surface area (Å²) in [6.07, 6.45) is 0. The van der Waals surface area contributed by atoms with E-state index in [2.05, 4.69) is 10.1 Å². The zero-order valence-electron chi connectivity index (χ0n) is 8.57. The van der Waals surface area contributed by atoms with Crippen LogP contribution in [0.4, 0.5) is 0 Å². The van der Waals surface area contributed by atoms with Crippen LogP contribution in [0.5, 0.6) is 0 Å². The van der Waals surface area contributed by atoms with Gasteiger partial charge in [-0.05, 0) is 20.8 Å². The van der Waals surface area contributed by atoms with Gasteiger partial charge in [0.2, 0.25) is 5.91 Å². The topological polar surface area (TPSA) is 81.4 Å². The number of esters is 1. The number of carbonyl (C=O) groups is 2. The third-order valence-electron chi connectivity index (χ3n) is 1.41. The highest BCUT2D eigenvalue weighted by atomic mass is 35.5. The molecule has 1 amide bonds. The largest absolute Gasteiger partial charge is 0.464 e. The first kappa shape index (κ1) is 15.7. The molecule has 0 heterocycles. The second kappa shape index (κ2) is 7.58. The number of hydrogen-bond acceptors (Lipinski definition) is 4. The maximum atomic E-state index is 11.0. The molecule has 6 heteroatoms. The molecule has 0 saturated heterocycles. The van der Waals surface area contributed by atoms with Crippen LogP contribution in [0, 0.1) is 0 Å². The Bertz CT molecular complexity index is 197. The Kier molecular flexibility index (Phi) is 8.48. The summed E-state index contributed by atoms with van der Waals surface area (Å²) in [5.74, 6) is -0.808. The predicted molar refractivity (Wildman–Crippen MR) is 55.1 cm³/mol. The summed E-state index contributed by atoms with van der Waals surface area (Å²) in [5.41, 5.74) is 5.29. The van der Waals surface area contributed by atoms with Gasteiger partial charge in [-0.2, -0.15) is 0 Å². The fraction of sp³-hybridized carbons (Fsp3) is 0.750. The van der Waals surface area contributed by atoms with Crippen molar-refractivity contribution in [2.24, 2.45) is 5.73 Å². The lowest BCUT2D eigenvalue weighted by molar-refractivity contribution is -0.146. The lowest BCUT2D eigenvalue weighted by atomic mass is 10.3. The number of ether oxygens (including phenoxy) is 1. The Morgan fingerprint density at radius 1 is 1.43 bits per heavy atom. The number of amides is 1. The zero-order chi connectivity index (χ0) is 10.4. The maximum absolute atomic E-state index is 11.0. The Hall–Kier alpha value is -0.810. The fourth-order valence-electron chi connectivity index (χ4n) is 0.671. The van der Waals surface area contributed by atoms with Crippen molar-refractivity contribution < 1.29 is 14.3 Å². The molecular formula is C8H17ClN2O3. The second-order valence-electron chi connectivity index (χ2n) is 2.77. The fourth-order valence-corrected chi connectivity index (χ4v) is 0.671. The molecule has 0 radical (unpaired) electrons. The minimum absolute atomic E-state index is 0. The number of carbonyl (C=O) groups excluding carboxylic acids is 2. The molecule has 0 unspecified atom stereocenters. The van der Waals surface area contributed by atoms with Gasteiger partial charge in [0.15, 0.2) is 0 Å². The van der Waals surface area contributed by atoms with Crippen LogP contribution >= 0.6 is 12.4 Å². The summed E-state index contributed by atoms with van der Waals surface area (Å²) < 4.78 is 4.69. The zero-order valence-corrected chi connectivity index (χ0v) is 9.39. The van der Waals surface area contributed by atoms with Gasteiger partial charge in [-0.1, -0.05) is 0 Å². The molecular weight excluding hydrogens is 208 g/mol. The average molecular weight is 225 g/mol. The van der Waals surface area contributed by atoms with Crippen molar-refractivity contribution in [1.29, 1.82) is 0 Å². The van der Waals surface area contributed by atoms with E-state index >= 15 is 0 Å². The second-order valence-corrected chi connectivity index (χ2v) is 2.77. The van der Waals surface area contributed by atoms with E-state index in [4.69, 9.17) is 5.73 Å². The SMILES string of the molecule is CCOC(=O)[C@H](C)NC(=O)[C@H](C)N.Cl. The third-order valence-corrected chi connectivity index (χ3v) is 1.41. The molecule has 0 rings (SSSR count). The van der Waals surface area contributed by atoms with Gasteiger partial charge < -0.3 is 15.8 Å². The van der Waals surface area contributed by atoms with E-state index in [1.165, 1.54) is 0 Å². The van der Waals surface area contributed by atoms with Gasteiger partial charge in [0.25, 0.3) is 0 Å². The van der Waals surface area contributed by atoms with Crippen molar-refractivity contribution in [2.45, 2.75) is 32.9 Å². The molecule has 0 aliphatic heterocycles. The van der Waals surface area contributed by atoms with Gasteiger partial charge >= 0.3 is 5.97 Å². The van der Waals surface area contributed by atoms with Gasteiger partial charge in [-0.15, -0.1) is 12.4 Å². The van der Waals surface area contributed by atoms with Crippen LogP contribution in [-0.2, 0) is 14.3 Å². The molecule has 0 aliphatic rings. The smallest absolute Gasteiger partial charge is 0.328 e. The van der Waals surface area contributed by atoms with Gasteiger partial charge in [0.05, 0.1) is 12.6 Å².